The topological polar surface area (TPSA) is 38.8 Å². The largest absolute Gasteiger partial charge is 0.460 e. The molecule has 0 unspecified atom stereocenters. The fourth-order valence-electron chi connectivity index (χ4n) is 3.84. The van der Waals surface area contributed by atoms with E-state index in [9.17, 15) is 4.79 Å². The third-order valence-electron chi connectivity index (χ3n) is 6.89. The number of carbonyl (C=O) groups excluding carboxylic acids is 1. The van der Waals surface area contributed by atoms with Crippen molar-refractivity contribution in [2.24, 2.45) is 5.92 Å². The van der Waals surface area contributed by atoms with Crippen LogP contribution >= 0.6 is 0 Å². The van der Waals surface area contributed by atoms with Gasteiger partial charge in [0, 0.05) is 25.7 Å². The maximum absolute atomic E-state index is 13.1. The van der Waals surface area contributed by atoms with Crippen LogP contribution in [0.15, 0.2) is 60.7 Å². The lowest BCUT2D eigenvalue weighted by molar-refractivity contribution is -0.157. The maximum atomic E-state index is 13.1. The van der Waals surface area contributed by atoms with E-state index < -0.39 is 13.9 Å². The van der Waals surface area contributed by atoms with Crippen molar-refractivity contribution in [3.8, 4) is 0 Å². The number of benzene rings is 2. The zero-order chi connectivity index (χ0) is 26.3. The van der Waals surface area contributed by atoms with Gasteiger partial charge in [-0.1, -0.05) is 88.4 Å². The van der Waals surface area contributed by atoms with Crippen LogP contribution in [0, 0.1) is 5.92 Å². The number of carbonyl (C=O) groups is 1. The maximum Gasteiger partial charge on any atom is 0.307 e. The van der Waals surface area contributed by atoms with E-state index in [1.807, 2.05) is 32.9 Å². The van der Waals surface area contributed by atoms with Gasteiger partial charge in [-0.25, -0.2) is 0 Å². The van der Waals surface area contributed by atoms with Crippen LogP contribution in [0.5, 0.6) is 0 Å². The average molecular weight is 498 g/mol. The quantitative estimate of drug-likeness (QED) is 0.239. The van der Waals surface area contributed by atoms with Crippen LogP contribution in [0.1, 0.15) is 66.0 Å². The van der Waals surface area contributed by atoms with Gasteiger partial charge >= 0.3 is 5.97 Å². The Morgan fingerprint density at radius 2 is 1.31 bits per heavy atom. The normalized spacial score (nSPS) is 14.6. The molecule has 0 aromatic heterocycles. The molecule has 0 N–H and O–H groups in total. The minimum Gasteiger partial charge on any atom is -0.460 e. The van der Waals surface area contributed by atoms with E-state index in [2.05, 4.69) is 94.2 Å². The predicted molar refractivity (Wildman–Crippen MR) is 149 cm³/mol. The minimum absolute atomic E-state index is 0.0185. The first-order chi connectivity index (χ1) is 16.2. The summed E-state index contributed by atoms with van der Waals surface area (Å²) < 4.78 is 12.4. The van der Waals surface area contributed by atoms with Crippen LogP contribution in [0.25, 0.3) is 0 Å². The first kappa shape index (κ1) is 29.3. The molecule has 0 bridgehead atoms. The summed E-state index contributed by atoms with van der Waals surface area (Å²) in [6.07, 6.45) is 0.332. The highest BCUT2D eigenvalue weighted by atomic mass is 28.4. The Bertz CT molecular complexity index is 859. The molecular formula is C30H47NO3Si. The number of hydrogen-bond acceptors (Lipinski definition) is 4. The zero-order valence-corrected chi connectivity index (χ0v) is 24.4. The monoisotopic (exact) mass is 497 g/mol. The number of hydrogen-bond donors (Lipinski definition) is 0. The molecule has 2 aromatic carbocycles. The number of rotatable bonds is 11. The molecule has 0 aliphatic rings. The molecule has 4 nitrogen and oxygen atoms in total. The second kappa shape index (κ2) is 12.3. The summed E-state index contributed by atoms with van der Waals surface area (Å²) in [5.41, 5.74) is 1.96. The Labute approximate surface area is 215 Å². The molecular weight excluding hydrogens is 450 g/mol. The Hall–Kier alpha value is -1.95. The van der Waals surface area contributed by atoms with E-state index in [-0.39, 0.29) is 23.0 Å². The highest BCUT2D eigenvalue weighted by Gasteiger charge is 2.38. The highest BCUT2D eigenvalue weighted by molar-refractivity contribution is 6.74. The summed E-state index contributed by atoms with van der Waals surface area (Å²) in [5.74, 6) is -0.00290. The van der Waals surface area contributed by atoms with Crippen molar-refractivity contribution in [1.29, 1.82) is 0 Å². The van der Waals surface area contributed by atoms with Gasteiger partial charge in [-0.05, 0) is 55.9 Å². The van der Waals surface area contributed by atoms with Gasteiger partial charge in [0.15, 0.2) is 8.32 Å². The van der Waals surface area contributed by atoms with Crippen LogP contribution in [0.4, 0.5) is 0 Å². The third-order valence-corrected chi connectivity index (χ3v) is 11.4. The van der Waals surface area contributed by atoms with E-state index in [1.54, 1.807) is 0 Å². The first-order valence-electron chi connectivity index (χ1n) is 12.9. The summed E-state index contributed by atoms with van der Waals surface area (Å²) in [6, 6.07) is 21.0. The molecule has 0 heterocycles. The first-order valence-corrected chi connectivity index (χ1v) is 15.8. The van der Waals surface area contributed by atoms with E-state index >= 15 is 0 Å². The Morgan fingerprint density at radius 1 is 0.857 bits per heavy atom. The molecule has 0 saturated carbocycles. The second-order valence-corrected chi connectivity index (χ2v) is 17.1. The molecule has 0 aliphatic carbocycles. The van der Waals surface area contributed by atoms with Crippen molar-refractivity contribution in [3.63, 3.8) is 0 Å². The number of esters is 1. The van der Waals surface area contributed by atoms with Crippen LogP contribution in [0.3, 0.4) is 0 Å². The molecule has 2 atom stereocenters. The number of ether oxygens (including phenoxy) is 1. The van der Waals surface area contributed by atoms with Gasteiger partial charge in [0.25, 0.3) is 0 Å². The molecule has 0 aliphatic heterocycles. The van der Waals surface area contributed by atoms with Gasteiger partial charge in [0.05, 0.1) is 6.42 Å². The average Bonchev–Trinajstić information content (AvgIpc) is 2.75. The lowest BCUT2D eigenvalue weighted by Gasteiger charge is -2.40. The molecule has 5 heteroatoms. The summed E-state index contributed by atoms with van der Waals surface area (Å²) in [4.78, 5) is 15.5. The van der Waals surface area contributed by atoms with E-state index in [1.165, 1.54) is 11.1 Å². The molecule has 0 spiro atoms. The van der Waals surface area contributed by atoms with Crippen molar-refractivity contribution in [1.82, 2.24) is 4.90 Å². The van der Waals surface area contributed by atoms with Gasteiger partial charge in [-0.15, -0.1) is 0 Å². The molecule has 35 heavy (non-hydrogen) atoms. The fraction of sp³-hybridized carbons (Fsp3) is 0.567. The number of nitrogens with zero attached hydrogens (tertiary/aromatic N) is 1. The van der Waals surface area contributed by atoms with Crippen LogP contribution in [0.2, 0.25) is 18.1 Å². The SMILES string of the molecule is C[C@@H](CO[Si](C)(C)C(C)(C)C)[C@@H](CC(=O)OC(C)(C)C)N(Cc1ccccc1)Cc1ccccc1. The van der Waals surface area contributed by atoms with Crippen LogP contribution < -0.4 is 0 Å². The summed E-state index contributed by atoms with van der Waals surface area (Å²) in [6.45, 7) is 21.5. The minimum atomic E-state index is -1.91. The van der Waals surface area contributed by atoms with Gasteiger partial charge in [0.1, 0.15) is 5.60 Å². The van der Waals surface area contributed by atoms with Crippen molar-refractivity contribution < 1.29 is 14.0 Å². The van der Waals surface area contributed by atoms with Crippen LogP contribution in [-0.2, 0) is 27.0 Å². The lowest BCUT2D eigenvalue weighted by Crippen LogP contribution is -2.46. The standard InChI is InChI=1S/C30H47NO3Si/c1-24(23-33-35(8,9)30(5,6)7)27(20-28(32)34-29(2,3)4)31(21-25-16-12-10-13-17-25)22-26-18-14-11-15-19-26/h10-19,24,27H,20-23H2,1-9H3/t24-,27+/m0/s1. The van der Waals surface area contributed by atoms with E-state index in [0.29, 0.717) is 13.0 Å². The summed E-state index contributed by atoms with van der Waals surface area (Å²) >= 11 is 0. The van der Waals surface area contributed by atoms with E-state index in [0.717, 1.165) is 13.1 Å². The summed E-state index contributed by atoms with van der Waals surface area (Å²) in [7, 11) is -1.91. The Balaban J connectivity index is 2.35. The summed E-state index contributed by atoms with van der Waals surface area (Å²) in [5, 5.41) is 0.140. The molecule has 2 rings (SSSR count). The van der Waals surface area contributed by atoms with Crippen molar-refractivity contribution in [2.45, 2.75) is 97.8 Å². The molecule has 2 aromatic rings. The van der Waals surface area contributed by atoms with Gasteiger partial charge < -0.3 is 9.16 Å². The van der Waals surface area contributed by atoms with Crippen molar-refractivity contribution in [2.75, 3.05) is 6.61 Å². The van der Waals surface area contributed by atoms with Gasteiger partial charge in [-0.3, -0.25) is 9.69 Å². The smallest absolute Gasteiger partial charge is 0.307 e. The highest BCUT2D eigenvalue weighted by Crippen LogP contribution is 2.37. The molecule has 0 radical (unpaired) electrons. The van der Waals surface area contributed by atoms with Crippen molar-refractivity contribution in [3.05, 3.63) is 71.8 Å². The Kier molecular flexibility index (Phi) is 10.3. The molecule has 0 saturated heterocycles. The molecule has 0 amide bonds. The predicted octanol–water partition coefficient (Wildman–Crippen LogP) is 7.45. The Morgan fingerprint density at radius 3 is 1.71 bits per heavy atom. The fourth-order valence-corrected chi connectivity index (χ4v) is 4.95. The van der Waals surface area contributed by atoms with Gasteiger partial charge in [0.2, 0.25) is 0 Å². The molecule has 194 valence electrons. The molecule has 0 fully saturated rings. The second-order valence-electron chi connectivity index (χ2n) is 12.3. The van der Waals surface area contributed by atoms with E-state index in [4.69, 9.17) is 9.16 Å². The lowest BCUT2D eigenvalue weighted by atomic mass is 9.96. The van der Waals surface area contributed by atoms with Crippen molar-refractivity contribution >= 4 is 14.3 Å². The zero-order valence-electron chi connectivity index (χ0n) is 23.4. The van der Waals surface area contributed by atoms with Gasteiger partial charge in [-0.2, -0.15) is 0 Å². The third kappa shape index (κ3) is 9.90. The van der Waals surface area contributed by atoms with Crippen LogP contribution in [-0.4, -0.2) is 37.4 Å².